The molecule has 3 aromatic rings. The van der Waals surface area contributed by atoms with E-state index < -0.39 is 15.8 Å². The van der Waals surface area contributed by atoms with Gasteiger partial charge in [0.15, 0.2) is 6.61 Å². The zero-order valence-electron chi connectivity index (χ0n) is 16.5. The number of hydrogen-bond donors (Lipinski definition) is 2. The van der Waals surface area contributed by atoms with E-state index in [1.54, 1.807) is 12.1 Å². The van der Waals surface area contributed by atoms with Crippen LogP contribution in [0.4, 0.5) is 15.8 Å². The Morgan fingerprint density at radius 3 is 2.20 bits per heavy atom. The topological polar surface area (TPSA) is 84.5 Å². The second kappa shape index (κ2) is 8.96. The van der Waals surface area contributed by atoms with Crippen LogP contribution in [0.5, 0.6) is 5.75 Å². The Labute approximate surface area is 174 Å². The summed E-state index contributed by atoms with van der Waals surface area (Å²) in [4.78, 5) is 12.1. The number of aryl methyl sites for hydroxylation is 2. The number of sulfonamides is 1. The molecule has 30 heavy (non-hydrogen) atoms. The van der Waals surface area contributed by atoms with E-state index in [1.807, 2.05) is 32.0 Å². The Bertz CT molecular complexity index is 1140. The molecule has 0 aliphatic carbocycles. The molecule has 2 N–H and O–H groups in total. The summed E-state index contributed by atoms with van der Waals surface area (Å²) in [6.45, 7) is 3.74. The summed E-state index contributed by atoms with van der Waals surface area (Å²) in [6, 6.07) is 16.4. The molecule has 0 fully saturated rings. The molecule has 3 aromatic carbocycles. The third-order valence-corrected chi connectivity index (χ3v) is 5.63. The summed E-state index contributed by atoms with van der Waals surface area (Å²) in [6.07, 6.45) is 0. The number of benzene rings is 3. The molecule has 0 saturated carbocycles. The van der Waals surface area contributed by atoms with E-state index in [4.69, 9.17) is 4.74 Å². The summed E-state index contributed by atoms with van der Waals surface area (Å²) >= 11 is 0. The standard InChI is InChI=1S/C22H21FN2O4S/c1-15-3-12-21(16(2)13-15)29-14-22(26)24-18-6-8-19(9-7-18)25-30(27,28)20-10-4-17(23)5-11-20/h3-13,25H,14H2,1-2H3,(H,24,26). The first-order chi connectivity index (χ1) is 14.2. The predicted octanol–water partition coefficient (Wildman–Crippen LogP) is 4.26. The smallest absolute Gasteiger partial charge is 0.262 e. The predicted molar refractivity (Wildman–Crippen MR) is 114 cm³/mol. The molecule has 0 atom stereocenters. The number of anilines is 2. The van der Waals surface area contributed by atoms with Gasteiger partial charge in [-0.1, -0.05) is 17.7 Å². The highest BCUT2D eigenvalue weighted by molar-refractivity contribution is 7.92. The van der Waals surface area contributed by atoms with Gasteiger partial charge in [0.1, 0.15) is 11.6 Å². The van der Waals surface area contributed by atoms with Gasteiger partial charge in [-0.25, -0.2) is 12.8 Å². The Morgan fingerprint density at radius 1 is 0.933 bits per heavy atom. The van der Waals surface area contributed by atoms with Crippen molar-refractivity contribution in [2.24, 2.45) is 0 Å². The molecule has 0 saturated heterocycles. The molecule has 0 aliphatic rings. The van der Waals surface area contributed by atoms with E-state index in [-0.39, 0.29) is 17.4 Å². The molecule has 0 bridgehead atoms. The fourth-order valence-corrected chi connectivity index (χ4v) is 3.81. The van der Waals surface area contributed by atoms with Gasteiger partial charge in [-0.05, 0) is 74.0 Å². The van der Waals surface area contributed by atoms with Crippen molar-refractivity contribution in [3.05, 3.63) is 83.7 Å². The highest BCUT2D eigenvalue weighted by Gasteiger charge is 2.14. The lowest BCUT2D eigenvalue weighted by atomic mass is 10.1. The second-order valence-corrected chi connectivity index (χ2v) is 8.42. The van der Waals surface area contributed by atoms with Crippen LogP contribution in [0.2, 0.25) is 0 Å². The van der Waals surface area contributed by atoms with Crippen LogP contribution in [0.15, 0.2) is 71.6 Å². The Kier molecular flexibility index (Phi) is 6.37. The van der Waals surface area contributed by atoms with Crippen molar-refractivity contribution in [2.75, 3.05) is 16.6 Å². The molecule has 8 heteroatoms. The molecule has 0 radical (unpaired) electrons. The number of amides is 1. The Morgan fingerprint density at radius 2 is 1.57 bits per heavy atom. The van der Waals surface area contributed by atoms with Crippen molar-refractivity contribution >= 4 is 27.3 Å². The highest BCUT2D eigenvalue weighted by Crippen LogP contribution is 2.20. The number of carbonyl (C=O) groups is 1. The molecule has 1 amide bonds. The fourth-order valence-electron chi connectivity index (χ4n) is 2.75. The summed E-state index contributed by atoms with van der Waals surface area (Å²) in [5, 5.41) is 2.69. The van der Waals surface area contributed by atoms with Crippen molar-refractivity contribution in [3.63, 3.8) is 0 Å². The molecular weight excluding hydrogens is 407 g/mol. The minimum atomic E-state index is -3.84. The van der Waals surface area contributed by atoms with Gasteiger partial charge in [0.25, 0.3) is 15.9 Å². The van der Waals surface area contributed by atoms with Crippen molar-refractivity contribution in [1.82, 2.24) is 0 Å². The van der Waals surface area contributed by atoms with Crippen LogP contribution in [0, 0.1) is 19.7 Å². The molecule has 3 rings (SSSR count). The largest absolute Gasteiger partial charge is 0.483 e. The van der Waals surface area contributed by atoms with Gasteiger partial charge in [0.2, 0.25) is 0 Å². The van der Waals surface area contributed by atoms with Crippen LogP contribution in [-0.4, -0.2) is 20.9 Å². The van der Waals surface area contributed by atoms with Crippen LogP contribution < -0.4 is 14.8 Å². The summed E-state index contributed by atoms with van der Waals surface area (Å²) in [7, 11) is -3.84. The van der Waals surface area contributed by atoms with Gasteiger partial charge in [-0.15, -0.1) is 0 Å². The third kappa shape index (κ3) is 5.57. The normalized spacial score (nSPS) is 11.0. The van der Waals surface area contributed by atoms with Gasteiger partial charge in [0, 0.05) is 11.4 Å². The van der Waals surface area contributed by atoms with Crippen LogP contribution in [0.3, 0.4) is 0 Å². The van der Waals surface area contributed by atoms with Crippen LogP contribution in [0.25, 0.3) is 0 Å². The monoisotopic (exact) mass is 428 g/mol. The average molecular weight is 428 g/mol. The lowest BCUT2D eigenvalue weighted by Gasteiger charge is -2.11. The molecule has 0 unspecified atom stereocenters. The molecule has 0 aromatic heterocycles. The van der Waals surface area contributed by atoms with Gasteiger partial charge in [-0.3, -0.25) is 9.52 Å². The molecular formula is C22H21FN2O4S. The van der Waals surface area contributed by atoms with E-state index in [2.05, 4.69) is 10.0 Å². The number of halogens is 1. The molecule has 0 spiro atoms. The second-order valence-electron chi connectivity index (χ2n) is 6.74. The van der Waals surface area contributed by atoms with Crippen molar-refractivity contribution < 1.29 is 22.3 Å². The highest BCUT2D eigenvalue weighted by atomic mass is 32.2. The third-order valence-electron chi connectivity index (χ3n) is 4.23. The van der Waals surface area contributed by atoms with E-state index in [0.29, 0.717) is 17.1 Å². The first-order valence-electron chi connectivity index (χ1n) is 9.11. The number of ether oxygens (including phenoxy) is 1. The SMILES string of the molecule is Cc1ccc(OCC(=O)Nc2ccc(NS(=O)(=O)c3ccc(F)cc3)cc2)c(C)c1. The van der Waals surface area contributed by atoms with Gasteiger partial charge >= 0.3 is 0 Å². The zero-order chi connectivity index (χ0) is 21.7. The summed E-state index contributed by atoms with van der Waals surface area (Å²) in [5.41, 5.74) is 2.86. The van der Waals surface area contributed by atoms with E-state index in [1.165, 1.54) is 24.3 Å². The van der Waals surface area contributed by atoms with Gasteiger partial charge in [-0.2, -0.15) is 0 Å². The minimum absolute atomic E-state index is 0.0511. The quantitative estimate of drug-likeness (QED) is 0.589. The lowest BCUT2D eigenvalue weighted by molar-refractivity contribution is -0.118. The van der Waals surface area contributed by atoms with E-state index >= 15 is 0 Å². The number of nitrogens with one attached hydrogen (secondary N) is 2. The van der Waals surface area contributed by atoms with Gasteiger partial charge in [0.05, 0.1) is 4.90 Å². The summed E-state index contributed by atoms with van der Waals surface area (Å²) < 4.78 is 45.6. The van der Waals surface area contributed by atoms with E-state index in [9.17, 15) is 17.6 Å². The summed E-state index contributed by atoms with van der Waals surface area (Å²) in [5.74, 6) is -0.216. The first-order valence-corrected chi connectivity index (χ1v) is 10.6. The van der Waals surface area contributed by atoms with Crippen LogP contribution >= 0.6 is 0 Å². The molecule has 156 valence electrons. The Hall–Kier alpha value is -3.39. The first kappa shape index (κ1) is 21.3. The number of hydrogen-bond acceptors (Lipinski definition) is 4. The van der Waals surface area contributed by atoms with Crippen LogP contribution in [0.1, 0.15) is 11.1 Å². The lowest BCUT2D eigenvalue weighted by Crippen LogP contribution is -2.20. The van der Waals surface area contributed by atoms with Crippen molar-refractivity contribution in [3.8, 4) is 5.75 Å². The maximum Gasteiger partial charge on any atom is 0.262 e. The maximum atomic E-state index is 13.0. The van der Waals surface area contributed by atoms with Crippen LogP contribution in [-0.2, 0) is 14.8 Å². The van der Waals surface area contributed by atoms with Crippen molar-refractivity contribution in [1.29, 1.82) is 0 Å². The molecule has 0 aliphatic heterocycles. The molecule has 6 nitrogen and oxygen atoms in total. The zero-order valence-corrected chi connectivity index (χ0v) is 17.3. The number of rotatable bonds is 7. The van der Waals surface area contributed by atoms with Crippen molar-refractivity contribution in [2.45, 2.75) is 18.7 Å². The Balaban J connectivity index is 1.57. The van der Waals surface area contributed by atoms with Gasteiger partial charge < -0.3 is 10.1 Å². The maximum absolute atomic E-state index is 13.0. The minimum Gasteiger partial charge on any atom is -0.483 e. The average Bonchev–Trinajstić information content (AvgIpc) is 2.69. The molecule has 0 heterocycles. The van der Waals surface area contributed by atoms with E-state index in [0.717, 1.165) is 23.3 Å². The number of carbonyl (C=O) groups excluding carboxylic acids is 1. The fraction of sp³-hybridized carbons (Fsp3) is 0.136.